The molecular formula is C20H13BrClN3O3. The molecule has 0 atom stereocenters. The molecule has 0 bridgehead atoms. The van der Waals surface area contributed by atoms with Crippen LogP contribution in [-0.4, -0.2) is 11.9 Å². The van der Waals surface area contributed by atoms with Crippen LogP contribution in [0.15, 0.2) is 87.5 Å². The monoisotopic (exact) mass is 457 g/mol. The number of azo groups is 1. The van der Waals surface area contributed by atoms with Gasteiger partial charge in [0.25, 0.3) is 5.91 Å². The molecule has 0 aliphatic carbocycles. The third-order valence-corrected chi connectivity index (χ3v) is 4.60. The molecule has 0 aromatic heterocycles. The van der Waals surface area contributed by atoms with Gasteiger partial charge in [0.15, 0.2) is 0 Å². The number of carbonyl (C=O) groups excluding carboxylic acids is 2. The standard InChI is InChI=1S/C20H13BrClN3O3/c21-17-7-3-1-5-15(17)20(27)28-25-14-11-9-13(10-12-14)23-24-19(26)16-6-2-4-8-18(16)22/h1-12,25H. The van der Waals surface area contributed by atoms with Crippen molar-refractivity contribution in [1.29, 1.82) is 0 Å². The Hall–Kier alpha value is -3.03. The summed E-state index contributed by atoms with van der Waals surface area (Å²) in [5.74, 6) is -1.06. The zero-order chi connectivity index (χ0) is 19.9. The summed E-state index contributed by atoms with van der Waals surface area (Å²) in [6.07, 6.45) is 0. The van der Waals surface area contributed by atoms with E-state index in [2.05, 4.69) is 31.6 Å². The van der Waals surface area contributed by atoms with Crippen molar-refractivity contribution >= 4 is 50.8 Å². The SMILES string of the molecule is O=C(N=Nc1ccc(NOC(=O)c2ccccc2Br)cc1)c1ccccc1Cl. The van der Waals surface area contributed by atoms with E-state index in [4.69, 9.17) is 16.4 Å². The number of anilines is 1. The highest BCUT2D eigenvalue weighted by Crippen LogP contribution is 2.21. The fourth-order valence-corrected chi connectivity index (χ4v) is 2.84. The average Bonchev–Trinajstić information content (AvgIpc) is 2.71. The maximum absolute atomic E-state index is 12.0. The number of hydrogen-bond donors (Lipinski definition) is 1. The summed E-state index contributed by atoms with van der Waals surface area (Å²) in [7, 11) is 0. The molecule has 8 heteroatoms. The van der Waals surface area contributed by atoms with Crippen LogP contribution in [0.5, 0.6) is 0 Å². The van der Waals surface area contributed by atoms with Gasteiger partial charge in [0.2, 0.25) is 0 Å². The highest BCUT2D eigenvalue weighted by atomic mass is 79.9. The third-order valence-electron chi connectivity index (χ3n) is 3.58. The lowest BCUT2D eigenvalue weighted by Gasteiger charge is -2.07. The molecule has 0 spiro atoms. The number of halogens is 2. The Balaban J connectivity index is 1.59. The number of benzene rings is 3. The minimum absolute atomic E-state index is 0.283. The zero-order valence-corrected chi connectivity index (χ0v) is 16.6. The van der Waals surface area contributed by atoms with Gasteiger partial charge < -0.3 is 4.84 Å². The van der Waals surface area contributed by atoms with Gasteiger partial charge in [-0.15, -0.1) is 10.2 Å². The van der Waals surface area contributed by atoms with E-state index in [1.54, 1.807) is 72.8 Å². The first kappa shape index (κ1) is 19.7. The normalized spacial score (nSPS) is 10.6. The van der Waals surface area contributed by atoms with Crippen molar-refractivity contribution in [2.24, 2.45) is 10.2 Å². The minimum Gasteiger partial charge on any atom is -0.338 e. The quantitative estimate of drug-likeness (QED) is 0.364. The van der Waals surface area contributed by atoms with E-state index in [0.717, 1.165) is 0 Å². The van der Waals surface area contributed by atoms with Crippen LogP contribution in [-0.2, 0) is 4.84 Å². The largest absolute Gasteiger partial charge is 0.363 e. The van der Waals surface area contributed by atoms with Gasteiger partial charge in [-0.25, -0.2) is 10.3 Å². The second-order valence-electron chi connectivity index (χ2n) is 5.50. The Kier molecular flexibility index (Phi) is 6.52. The predicted octanol–water partition coefficient (Wildman–Crippen LogP) is 6.21. The van der Waals surface area contributed by atoms with Crippen molar-refractivity contribution in [3.63, 3.8) is 0 Å². The molecule has 1 N–H and O–H groups in total. The van der Waals surface area contributed by atoms with E-state index >= 15 is 0 Å². The lowest BCUT2D eigenvalue weighted by atomic mass is 10.2. The second kappa shape index (κ2) is 9.25. The van der Waals surface area contributed by atoms with Crippen molar-refractivity contribution < 1.29 is 14.4 Å². The molecule has 0 heterocycles. The lowest BCUT2D eigenvalue weighted by molar-refractivity contribution is 0.0595. The number of carbonyl (C=O) groups is 2. The smallest absolute Gasteiger partial charge is 0.338 e. The minimum atomic E-state index is -0.532. The number of rotatable bonds is 5. The van der Waals surface area contributed by atoms with E-state index < -0.39 is 11.9 Å². The second-order valence-corrected chi connectivity index (χ2v) is 6.76. The van der Waals surface area contributed by atoms with Crippen LogP contribution in [0, 0.1) is 0 Å². The molecule has 28 heavy (non-hydrogen) atoms. The zero-order valence-electron chi connectivity index (χ0n) is 14.3. The van der Waals surface area contributed by atoms with Crippen molar-refractivity contribution in [1.82, 2.24) is 0 Å². The van der Waals surface area contributed by atoms with Crippen molar-refractivity contribution in [2.45, 2.75) is 0 Å². The predicted molar refractivity (Wildman–Crippen MR) is 110 cm³/mol. The number of nitrogens with one attached hydrogen (secondary N) is 1. The molecule has 3 aromatic rings. The summed E-state index contributed by atoms with van der Waals surface area (Å²) < 4.78 is 0.640. The fraction of sp³-hybridized carbons (Fsp3) is 0. The molecule has 0 saturated carbocycles. The van der Waals surface area contributed by atoms with Crippen LogP contribution in [0.2, 0.25) is 5.02 Å². The van der Waals surface area contributed by atoms with E-state index in [9.17, 15) is 9.59 Å². The van der Waals surface area contributed by atoms with Gasteiger partial charge in [0.1, 0.15) is 0 Å². The Labute approximate surface area is 174 Å². The van der Waals surface area contributed by atoms with Crippen LogP contribution in [0.4, 0.5) is 11.4 Å². The first-order valence-electron chi connectivity index (χ1n) is 8.07. The molecule has 140 valence electrons. The van der Waals surface area contributed by atoms with Crippen LogP contribution >= 0.6 is 27.5 Å². The van der Waals surface area contributed by atoms with Crippen LogP contribution in [0.25, 0.3) is 0 Å². The van der Waals surface area contributed by atoms with Crippen LogP contribution < -0.4 is 5.48 Å². The Morgan fingerprint density at radius 1 is 0.893 bits per heavy atom. The summed E-state index contributed by atoms with van der Waals surface area (Å²) in [6.45, 7) is 0. The maximum atomic E-state index is 12.0. The summed E-state index contributed by atoms with van der Waals surface area (Å²) >= 11 is 9.26. The molecule has 0 saturated heterocycles. The number of hydrogen-bond acceptors (Lipinski definition) is 5. The highest BCUT2D eigenvalue weighted by molar-refractivity contribution is 9.10. The molecule has 3 aromatic carbocycles. The Bertz CT molecular complexity index is 1040. The van der Waals surface area contributed by atoms with E-state index in [0.29, 0.717) is 26.4 Å². The third kappa shape index (κ3) is 5.03. The molecule has 6 nitrogen and oxygen atoms in total. The highest BCUT2D eigenvalue weighted by Gasteiger charge is 2.11. The maximum Gasteiger partial charge on any atom is 0.363 e. The van der Waals surface area contributed by atoms with Crippen molar-refractivity contribution in [2.75, 3.05) is 5.48 Å². The summed E-state index contributed by atoms with van der Waals surface area (Å²) in [6, 6.07) is 20.1. The number of nitrogens with zero attached hydrogens (tertiary/aromatic N) is 2. The Morgan fingerprint density at radius 3 is 2.21 bits per heavy atom. The van der Waals surface area contributed by atoms with Crippen molar-refractivity contribution in [3.05, 3.63) is 93.4 Å². The molecule has 0 aliphatic heterocycles. The van der Waals surface area contributed by atoms with Crippen molar-refractivity contribution in [3.8, 4) is 0 Å². The molecule has 1 amide bonds. The average molecular weight is 459 g/mol. The first-order valence-corrected chi connectivity index (χ1v) is 9.24. The molecule has 0 radical (unpaired) electrons. The van der Waals surface area contributed by atoms with Crippen LogP contribution in [0.3, 0.4) is 0 Å². The van der Waals surface area contributed by atoms with Gasteiger partial charge in [0.05, 0.1) is 27.5 Å². The summed E-state index contributed by atoms with van der Waals surface area (Å²) in [5, 5.41) is 7.88. The molecule has 0 aliphatic rings. The van der Waals surface area contributed by atoms with Gasteiger partial charge in [-0.1, -0.05) is 35.9 Å². The van der Waals surface area contributed by atoms with E-state index in [1.165, 1.54) is 0 Å². The van der Waals surface area contributed by atoms with E-state index in [-0.39, 0.29) is 5.56 Å². The molecular weight excluding hydrogens is 446 g/mol. The van der Waals surface area contributed by atoms with Gasteiger partial charge in [0, 0.05) is 4.47 Å². The summed E-state index contributed by atoms with van der Waals surface area (Å²) in [5.41, 5.74) is 4.25. The van der Waals surface area contributed by atoms with Gasteiger partial charge in [-0.3, -0.25) is 4.79 Å². The van der Waals surface area contributed by atoms with Gasteiger partial charge in [-0.2, -0.15) is 0 Å². The topological polar surface area (TPSA) is 80.1 Å². The van der Waals surface area contributed by atoms with Crippen LogP contribution in [0.1, 0.15) is 20.7 Å². The lowest BCUT2D eigenvalue weighted by Crippen LogP contribution is -2.11. The number of amides is 1. The van der Waals surface area contributed by atoms with Gasteiger partial charge in [-0.05, 0) is 64.5 Å². The molecule has 0 unspecified atom stereocenters. The van der Waals surface area contributed by atoms with E-state index in [1.807, 2.05) is 0 Å². The first-order chi connectivity index (χ1) is 13.5. The molecule has 3 rings (SSSR count). The molecule has 0 fully saturated rings. The fourth-order valence-electron chi connectivity index (χ4n) is 2.17. The summed E-state index contributed by atoms with van der Waals surface area (Å²) in [4.78, 5) is 29.1. The van der Waals surface area contributed by atoms with Gasteiger partial charge >= 0.3 is 5.97 Å². The Morgan fingerprint density at radius 2 is 1.54 bits per heavy atom.